The van der Waals surface area contributed by atoms with Gasteiger partial charge in [0.25, 0.3) is 5.91 Å². The van der Waals surface area contributed by atoms with Gasteiger partial charge in [0.1, 0.15) is 25.0 Å². The Kier molecular flexibility index (Phi) is 5.63. The number of carbonyl (C=O) groups is 1. The summed E-state index contributed by atoms with van der Waals surface area (Å²) in [6.45, 7) is 3.05. The second kappa shape index (κ2) is 8.29. The van der Waals surface area contributed by atoms with Crippen LogP contribution in [0.3, 0.4) is 0 Å². The summed E-state index contributed by atoms with van der Waals surface area (Å²) in [5.74, 6) is 0.831. The molecule has 0 atom stereocenters. The summed E-state index contributed by atoms with van der Waals surface area (Å²) in [6, 6.07) is 15.4. The van der Waals surface area contributed by atoms with E-state index in [-0.39, 0.29) is 5.91 Å². The molecule has 0 N–H and O–H groups in total. The van der Waals surface area contributed by atoms with Crippen molar-refractivity contribution in [2.45, 2.75) is 13.3 Å². The first kappa shape index (κ1) is 17.7. The standard InChI is InChI=1S/C20H22N4O2/c1-3-16-7-4-5-10-19(16)26-12-11-23(2)20(25)17-8-6-9-18(13-17)24-14-21-22-15-24/h4-10,13-15H,3,11-12H2,1-2H3. The number of hydrogen-bond donors (Lipinski definition) is 0. The van der Waals surface area contributed by atoms with Crippen molar-refractivity contribution in [3.63, 3.8) is 0 Å². The summed E-state index contributed by atoms with van der Waals surface area (Å²) >= 11 is 0. The number of nitrogens with zero attached hydrogens (tertiary/aromatic N) is 4. The molecule has 3 aromatic rings. The number of ether oxygens (including phenoxy) is 1. The second-order valence-electron chi connectivity index (χ2n) is 5.96. The molecule has 1 heterocycles. The lowest BCUT2D eigenvalue weighted by Gasteiger charge is -2.18. The molecule has 0 fully saturated rings. The Morgan fingerprint density at radius 2 is 1.88 bits per heavy atom. The zero-order chi connectivity index (χ0) is 18.4. The van der Waals surface area contributed by atoms with Gasteiger partial charge in [0.15, 0.2) is 0 Å². The van der Waals surface area contributed by atoms with E-state index in [1.807, 2.05) is 36.4 Å². The molecule has 0 saturated heterocycles. The molecule has 0 spiro atoms. The van der Waals surface area contributed by atoms with Crippen LogP contribution in [0, 0.1) is 0 Å². The number of aromatic nitrogens is 3. The van der Waals surface area contributed by atoms with E-state index in [4.69, 9.17) is 4.74 Å². The predicted molar refractivity (Wildman–Crippen MR) is 99.6 cm³/mol. The lowest BCUT2D eigenvalue weighted by atomic mass is 10.1. The van der Waals surface area contributed by atoms with E-state index in [2.05, 4.69) is 23.2 Å². The van der Waals surface area contributed by atoms with Crippen molar-refractivity contribution in [3.8, 4) is 11.4 Å². The molecule has 0 aliphatic heterocycles. The number of carbonyl (C=O) groups excluding carboxylic acids is 1. The number of hydrogen-bond acceptors (Lipinski definition) is 4. The van der Waals surface area contributed by atoms with E-state index in [0.29, 0.717) is 18.7 Å². The van der Waals surface area contributed by atoms with Crippen LogP contribution in [0.1, 0.15) is 22.8 Å². The summed E-state index contributed by atoms with van der Waals surface area (Å²) in [7, 11) is 1.78. The third-order valence-corrected chi connectivity index (χ3v) is 4.19. The summed E-state index contributed by atoms with van der Waals surface area (Å²) < 4.78 is 7.62. The molecule has 0 aliphatic carbocycles. The van der Waals surface area contributed by atoms with E-state index < -0.39 is 0 Å². The molecule has 6 nitrogen and oxygen atoms in total. The van der Waals surface area contributed by atoms with Gasteiger partial charge in [-0.15, -0.1) is 10.2 Å². The molecule has 0 saturated carbocycles. The van der Waals surface area contributed by atoms with Gasteiger partial charge < -0.3 is 9.64 Å². The average molecular weight is 350 g/mol. The zero-order valence-electron chi connectivity index (χ0n) is 15.0. The van der Waals surface area contributed by atoms with Crippen LogP contribution >= 0.6 is 0 Å². The first-order valence-corrected chi connectivity index (χ1v) is 8.60. The number of benzene rings is 2. The number of para-hydroxylation sites is 1. The van der Waals surface area contributed by atoms with E-state index in [1.54, 1.807) is 35.2 Å². The Bertz CT molecular complexity index is 862. The van der Waals surface area contributed by atoms with Crippen molar-refractivity contribution in [1.82, 2.24) is 19.7 Å². The summed E-state index contributed by atoms with van der Waals surface area (Å²) in [4.78, 5) is 14.3. The maximum Gasteiger partial charge on any atom is 0.253 e. The Labute approximate surface area is 153 Å². The molecule has 134 valence electrons. The van der Waals surface area contributed by atoms with Crippen LogP contribution in [-0.4, -0.2) is 45.8 Å². The molecule has 1 amide bonds. The van der Waals surface area contributed by atoms with Gasteiger partial charge in [-0.1, -0.05) is 31.2 Å². The first-order chi connectivity index (χ1) is 12.7. The van der Waals surface area contributed by atoms with Crippen LogP contribution in [0.15, 0.2) is 61.2 Å². The van der Waals surface area contributed by atoms with Crippen molar-refractivity contribution >= 4 is 5.91 Å². The minimum Gasteiger partial charge on any atom is -0.491 e. The SMILES string of the molecule is CCc1ccccc1OCCN(C)C(=O)c1cccc(-n2cnnc2)c1. The number of likely N-dealkylation sites (N-methyl/N-ethyl adjacent to an activating group) is 1. The molecule has 0 aliphatic rings. The quantitative estimate of drug-likeness (QED) is 0.657. The fourth-order valence-corrected chi connectivity index (χ4v) is 2.68. The Morgan fingerprint density at radius 1 is 1.12 bits per heavy atom. The number of amides is 1. The fourth-order valence-electron chi connectivity index (χ4n) is 2.68. The molecular formula is C20H22N4O2. The maximum atomic E-state index is 12.7. The third kappa shape index (κ3) is 4.08. The van der Waals surface area contributed by atoms with Crippen LogP contribution in [-0.2, 0) is 6.42 Å². The minimum absolute atomic E-state index is 0.0488. The summed E-state index contributed by atoms with van der Waals surface area (Å²) in [5.41, 5.74) is 2.64. The van der Waals surface area contributed by atoms with Crippen molar-refractivity contribution in [1.29, 1.82) is 0 Å². The highest BCUT2D eigenvalue weighted by molar-refractivity contribution is 5.94. The summed E-state index contributed by atoms with van der Waals surface area (Å²) in [5, 5.41) is 7.59. The molecule has 2 aromatic carbocycles. The van der Waals surface area contributed by atoms with E-state index >= 15 is 0 Å². The Hall–Kier alpha value is -3.15. The number of rotatable bonds is 7. The van der Waals surface area contributed by atoms with E-state index in [0.717, 1.165) is 17.9 Å². The molecule has 26 heavy (non-hydrogen) atoms. The van der Waals surface area contributed by atoms with Gasteiger partial charge in [0.05, 0.1) is 6.54 Å². The molecule has 0 bridgehead atoms. The molecule has 0 unspecified atom stereocenters. The molecular weight excluding hydrogens is 328 g/mol. The smallest absolute Gasteiger partial charge is 0.253 e. The lowest BCUT2D eigenvalue weighted by Crippen LogP contribution is -2.31. The molecule has 6 heteroatoms. The van der Waals surface area contributed by atoms with Crippen molar-refractivity contribution < 1.29 is 9.53 Å². The van der Waals surface area contributed by atoms with Crippen LogP contribution in [0.25, 0.3) is 5.69 Å². The van der Waals surface area contributed by atoms with Gasteiger partial charge in [0.2, 0.25) is 0 Å². The van der Waals surface area contributed by atoms with E-state index in [9.17, 15) is 4.79 Å². The van der Waals surface area contributed by atoms with Crippen molar-refractivity contribution in [2.24, 2.45) is 0 Å². The van der Waals surface area contributed by atoms with Crippen molar-refractivity contribution in [2.75, 3.05) is 20.2 Å². The van der Waals surface area contributed by atoms with Gasteiger partial charge in [-0.2, -0.15) is 0 Å². The first-order valence-electron chi connectivity index (χ1n) is 8.60. The molecule has 3 rings (SSSR count). The van der Waals surface area contributed by atoms with Gasteiger partial charge >= 0.3 is 0 Å². The normalized spacial score (nSPS) is 10.5. The fraction of sp³-hybridized carbons (Fsp3) is 0.250. The maximum absolute atomic E-state index is 12.7. The van der Waals surface area contributed by atoms with Gasteiger partial charge in [-0.25, -0.2) is 0 Å². The minimum atomic E-state index is -0.0488. The topological polar surface area (TPSA) is 60.2 Å². The highest BCUT2D eigenvalue weighted by atomic mass is 16.5. The number of aryl methyl sites for hydroxylation is 1. The third-order valence-electron chi connectivity index (χ3n) is 4.19. The van der Waals surface area contributed by atoms with Crippen molar-refractivity contribution in [3.05, 3.63) is 72.3 Å². The van der Waals surface area contributed by atoms with Crippen LogP contribution in [0.2, 0.25) is 0 Å². The summed E-state index contributed by atoms with van der Waals surface area (Å²) in [6.07, 6.45) is 4.12. The van der Waals surface area contributed by atoms with Crippen LogP contribution < -0.4 is 4.74 Å². The van der Waals surface area contributed by atoms with E-state index in [1.165, 1.54) is 5.56 Å². The average Bonchev–Trinajstić information content (AvgIpc) is 3.22. The Balaban J connectivity index is 1.60. The molecule has 0 radical (unpaired) electrons. The largest absolute Gasteiger partial charge is 0.491 e. The van der Waals surface area contributed by atoms with Crippen LogP contribution in [0.5, 0.6) is 5.75 Å². The highest BCUT2D eigenvalue weighted by Crippen LogP contribution is 2.18. The predicted octanol–water partition coefficient (Wildman–Crippen LogP) is 2.98. The second-order valence-corrected chi connectivity index (χ2v) is 5.96. The zero-order valence-corrected chi connectivity index (χ0v) is 15.0. The van der Waals surface area contributed by atoms with Gasteiger partial charge in [-0.3, -0.25) is 9.36 Å². The van der Waals surface area contributed by atoms with Gasteiger partial charge in [0, 0.05) is 18.3 Å². The van der Waals surface area contributed by atoms with Gasteiger partial charge in [-0.05, 0) is 36.2 Å². The highest BCUT2D eigenvalue weighted by Gasteiger charge is 2.13. The monoisotopic (exact) mass is 350 g/mol. The van der Waals surface area contributed by atoms with Crippen LogP contribution in [0.4, 0.5) is 0 Å². The lowest BCUT2D eigenvalue weighted by molar-refractivity contribution is 0.0773. The Morgan fingerprint density at radius 3 is 2.65 bits per heavy atom. The molecule has 1 aromatic heterocycles.